The van der Waals surface area contributed by atoms with Gasteiger partial charge in [0.2, 0.25) is 0 Å². The Morgan fingerprint density at radius 3 is 2.52 bits per heavy atom. The summed E-state index contributed by atoms with van der Waals surface area (Å²) >= 11 is 6.17. The van der Waals surface area contributed by atoms with Gasteiger partial charge in [0.25, 0.3) is 0 Å². The average Bonchev–Trinajstić information content (AvgIpc) is 2.47. The molecule has 0 aromatic heterocycles. The lowest BCUT2D eigenvalue weighted by atomic mass is 10.0. The molecule has 0 aliphatic carbocycles. The van der Waals surface area contributed by atoms with E-state index in [0.29, 0.717) is 0 Å². The largest absolute Gasteiger partial charge is 0.344 e. The van der Waals surface area contributed by atoms with Crippen LogP contribution < -0.4 is 10.6 Å². The van der Waals surface area contributed by atoms with Crippen LogP contribution in [0.1, 0.15) is 24.5 Å². The van der Waals surface area contributed by atoms with Crippen molar-refractivity contribution in [3.63, 3.8) is 0 Å². The molecule has 112 valence electrons. The third-order valence-electron chi connectivity index (χ3n) is 3.89. The van der Waals surface area contributed by atoms with Gasteiger partial charge in [-0.05, 0) is 55.2 Å². The van der Waals surface area contributed by atoms with Crippen LogP contribution in [0, 0.1) is 6.92 Å². The van der Waals surface area contributed by atoms with Crippen LogP contribution in [0.3, 0.4) is 0 Å². The Hall–Kier alpha value is -1.51. The Morgan fingerprint density at radius 1 is 1.14 bits per heavy atom. The van der Waals surface area contributed by atoms with Gasteiger partial charge >= 0.3 is 0 Å². The van der Waals surface area contributed by atoms with Crippen molar-refractivity contribution in [2.75, 3.05) is 11.9 Å². The second kappa shape index (κ2) is 6.97. The molecule has 0 spiro atoms. The lowest BCUT2D eigenvalue weighted by Gasteiger charge is -2.25. The third-order valence-corrected chi connectivity index (χ3v) is 4.12. The first kappa shape index (κ1) is 15.9. The summed E-state index contributed by atoms with van der Waals surface area (Å²) in [6.07, 6.45) is 1.79. The fourth-order valence-corrected chi connectivity index (χ4v) is 2.74. The molecule has 2 rings (SSSR count). The van der Waals surface area contributed by atoms with E-state index in [9.17, 15) is 0 Å². The van der Waals surface area contributed by atoms with Crippen molar-refractivity contribution in [3.05, 3.63) is 58.6 Å². The minimum atomic E-state index is 0.160. The highest BCUT2D eigenvalue weighted by atomic mass is 35.5. The van der Waals surface area contributed by atoms with E-state index in [0.717, 1.165) is 23.6 Å². The number of benzene rings is 2. The van der Waals surface area contributed by atoms with Crippen molar-refractivity contribution in [1.82, 2.24) is 0 Å². The van der Waals surface area contributed by atoms with Crippen LogP contribution in [-0.4, -0.2) is 13.1 Å². The van der Waals surface area contributed by atoms with Gasteiger partial charge in [0.1, 0.15) is 0 Å². The zero-order chi connectivity index (χ0) is 15.4. The lowest BCUT2D eigenvalue weighted by Crippen LogP contribution is -2.23. The molecule has 0 amide bonds. The topological polar surface area (TPSA) is 29.3 Å². The van der Waals surface area contributed by atoms with Crippen LogP contribution in [0.15, 0.2) is 42.5 Å². The van der Waals surface area contributed by atoms with Crippen molar-refractivity contribution in [2.45, 2.75) is 32.7 Å². The minimum Gasteiger partial charge on any atom is -0.344 e. The van der Waals surface area contributed by atoms with Gasteiger partial charge in [-0.15, -0.1) is 0 Å². The Bertz CT molecular complexity index is 610. The molecule has 0 radical (unpaired) electrons. The van der Waals surface area contributed by atoms with E-state index in [-0.39, 0.29) is 6.04 Å². The Balaban J connectivity index is 2.41. The summed E-state index contributed by atoms with van der Waals surface area (Å²) in [7, 11) is 2.09. The first-order valence-corrected chi connectivity index (χ1v) is 7.74. The smallest absolute Gasteiger partial charge is 0.0442 e. The van der Waals surface area contributed by atoms with Crippen LogP contribution in [0.5, 0.6) is 0 Å². The Morgan fingerprint density at radius 2 is 1.86 bits per heavy atom. The van der Waals surface area contributed by atoms with Crippen molar-refractivity contribution in [1.29, 1.82) is 0 Å². The van der Waals surface area contributed by atoms with Gasteiger partial charge in [-0.25, -0.2) is 0 Å². The molecule has 0 saturated heterocycles. The molecule has 0 fully saturated rings. The second-order valence-corrected chi connectivity index (χ2v) is 5.93. The van der Waals surface area contributed by atoms with E-state index in [1.165, 1.54) is 16.8 Å². The van der Waals surface area contributed by atoms with E-state index in [1.54, 1.807) is 0 Å². The summed E-state index contributed by atoms with van der Waals surface area (Å²) in [5.74, 6) is 0. The summed E-state index contributed by atoms with van der Waals surface area (Å²) in [4.78, 5) is 2.21. The molecule has 2 aromatic carbocycles. The summed E-state index contributed by atoms with van der Waals surface area (Å²) in [6.45, 7) is 4.24. The summed E-state index contributed by atoms with van der Waals surface area (Å²) in [5.41, 5.74) is 10.9. The van der Waals surface area contributed by atoms with Crippen molar-refractivity contribution >= 4 is 23.0 Å². The van der Waals surface area contributed by atoms with Crippen molar-refractivity contribution < 1.29 is 0 Å². The zero-order valence-corrected chi connectivity index (χ0v) is 13.7. The number of para-hydroxylation sites is 1. The SMILES string of the molecule is CCC(N)Cc1cc(Cl)ccc1N(C)c1ccccc1C. The number of halogens is 1. The standard InChI is InChI=1S/C18H23ClN2/c1-4-16(20)12-14-11-15(19)9-10-18(14)21(3)17-8-6-5-7-13(17)2/h5-11,16H,4,12,20H2,1-3H3. The molecular weight excluding hydrogens is 280 g/mol. The Kier molecular flexibility index (Phi) is 5.27. The molecular formula is C18H23ClN2. The number of nitrogens with two attached hydrogens (primary N) is 1. The van der Waals surface area contributed by atoms with Gasteiger partial charge in [0.05, 0.1) is 0 Å². The third kappa shape index (κ3) is 3.78. The monoisotopic (exact) mass is 302 g/mol. The predicted octanol–water partition coefficient (Wildman–Crippen LogP) is 4.70. The highest BCUT2D eigenvalue weighted by Crippen LogP contribution is 2.31. The minimum absolute atomic E-state index is 0.160. The maximum atomic E-state index is 6.17. The molecule has 21 heavy (non-hydrogen) atoms. The summed E-state index contributed by atoms with van der Waals surface area (Å²) in [6, 6.07) is 14.6. The molecule has 0 heterocycles. The van der Waals surface area contributed by atoms with E-state index in [1.807, 2.05) is 12.1 Å². The maximum Gasteiger partial charge on any atom is 0.0442 e. The first-order valence-electron chi connectivity index (χ1n) is 7.36. The van der Waals surface area contributed by atoms with E-state index in [4.69, 9.17) is 17.3 Å². The molecule has 0 bridgehead atoms. The fraction of sp³-hybridized carbons (Fsp3) is 0.333. The van der Waals surface area contributed by atoms with Gasteiger partial charge in [-0.3, -0.25) is 0 Å². The first-order chi connectivity index (χ1) is 10.0. The van der Waals surface area contributed by atoms with E-state index < -0.39 is 0 Å². The molecule has 0 saturated carbocycles. The predicted molar refractivity (Wildman–Crippen MR) is 92.7 cm³/mol. The fourth-order valence-electron chi connectivity index (χ4n) is 2.54. The van der Waals surface area contributed by atoms with Crippen molar-refractivity contribution in [2.24, 2.45) is 5.73 Å². The molecule has 0 aliphatic heterocycles. The second-order valence-electron chi connectivity index (χ2n) is 5.49. The maximum absolute atomic E-state index is 6.17. The van der Waals surface area contributed by atoms with Crippen LogP contribution in [0.2, 0.25) is 5.02 Å². The normalized spacial score (nSPS) is 12.2. The van der Waals surface area contributed by atoms with Gasteiger partial charge < -0.3 is 10.6 Å². The lowest BCUT2D eigenvalue weighted by molar-refractivity contribution is 0.646. The number of hydrogen-bond acceptors (Lipinski definition) is 2. The molecule has 2 nitrogen and oxygen atoms in total. The average molecular weight is 303 g/mol. The zero-order valence-electron chi connectivity index (χ0n) is 12.9. The van der Waals surface area contributed by atoms with Gasteiger partial charge in [0.15, 0.2) is 0 Å². The highest BCUT2D eigenvalue weighted by Gasteiger charge is 2.13. The summed E-state index contributed by atoms with van der Waals surface area (Å²) < 4.78 is 0. The summed E-state index contributed by atoms with van der Waals surface area (Å²) in [5, 5.41) is 0.759. The van der Waals surface area contributed by atoms with Gasteiger partial charge in [-0.2, -0.15) is 0 Å². The van der Waals surface area contributed by atoms with Crippen LogP contribution in [0.4, 0.5) is 11.4 Å². The highest BCUT2D eigenvalue weighted by molar-refractivity contribution is 6.30. The molecule has 0 aliphatic rings. The molecule has 2 N–H and O–H groups in total. The van der Waals surface area contributed by atoms with Crippen molar-refractivity contribution in [3.8, 4) is 0 Å². The molecule has 1 atom stereocenters. The quantitative estimate of drug-likeness (QED) is 0.867. The number of hydrogen-bond donors (Lipinski definition) is 1. The molecule has 2 aromatic rings. The molecule has 1 unspecified atom stereocenters. The number of anilines is 2. The number of nitrogens with zero attached hydrogens (tertiary/aromatic N) is 1. The van der Waals surface area contributed by atoms with E-state index in [2.05, 4.69) is 56.1 Å². The van der Waals surface area contributed by atoms with E-state index >= 15 is 0 Å². The van der Waals surface area contributed by atoms with Crippen LogP contribution in [-0.2, 0) is 6.42 Å². The number of rotatable bonds is 5. The molecule has 3 heteroatoms. The van der Waals surface area contributed by atoms with Gasteiger partial charge in [0, 0.05) is 29.5 Å². The number of aryl methyl sites for hydroxylation is 1. The van der Waals surface area contributed by atoms with Crippen LogP contribution >= 0.6 is 11.6 Å². The van der Waals surface area contributed by atoms with Gasteiger partial charge in [-0.1, -0.05) is 36.7 Å². The van der Waals surface area contributed by atoms with Crippen LogP contribution in [0.25, 0.3) is 0 Å². The Labute approximate surface area is 132 Å².